The van der Waals surface area contributed by atoms with Crippen LogP contribution < -0.4 is 10.6 Å². The second-order valence-electron chi connectivity index (χ2n) is 6.89. The molecule has 5 nitrogen and oxygen atoms in total. The number of hydrogen-bond acceptors (Lipinski definition) is 5. The molecule has 0 unspecified atom stereocenters. The Kier molecular flexibility index (Phi) is 6.52. The van der Waals surface area contributed by atoms with Crippen molar-refractivity contribution in [1.82, 2.24) is 15.0 Å². The molecule has 1 aromatic heterocycles. The molecule has 21 heavy (non-hydrogen) atoms. The number of aromatic nitrogens is 3. The van der Waals surface area contributed by atoms with E-state index in [-0.39, 0.29) is 11.1 Å². The summed E-state index contributed by atoms with van der Waals surface area (Å²) >= 11 is 0. The number of unbranched alkanes of at least 4 members (excludes halogenated alkanes) is 1. The SMILES string of the molecule is CC1(C)CCCC(C)(C)N1c1ncncn1.CCCCN. The van der Waals surface area contributed by atoms with E-state index < -0.39 is 0 Å². The molecule has 2 N–H and O–H groups in total. The van der Waals surface area contributed by atoms with Crippen molar-refractivity contribution in [2.45, 2.75) is 77.8 Å². The van der Waals surface area contributed by atoms with Gasteiger partial charge in [-0.25, -0.2) is 15.0 Å². The number of rotatable bonds is 3. The van der Waals surface area contributed by atoms with Crippen molar-refractivity contribution >= 4 is 5.95 Å². The van der Waals surface area contributed by atoms with E-state index in [1.807, 2.05) is 0 Å². The van der Waals surface area contributed by atoms with Crippen molar-refractivity contribution in [3.63, 3.8) is 0 Å². The van der Waals surface area contributed by atoms with Crippen molar-refractivity contribution < 1.29 is 0 Å². The lowest BCUT2D eigenvalue weighted by atomic mass is 9.80. The number of hydrogen-bond donors (Lipinski definition) is 1. The average molecular weight is 293 g/mol. The Hall–Kier alpha value is -1.23. The van der Waals surface area contributed by atoms with Crippen molar-refractivity contribution in [2.75, 3.05) is 11.4 Å². The van der Waals surface area contributed by atoms with Gasteiger partial charge in [0.1, 0.15) is 12.7 Å². The molecule has 5 heteroatoms. The predicted octanol–water partition coefficient (Wildman–Crippen LogP) is 3.16. The van der Waals surface area contributed by atoms with E-state index in [9.17, 15) is 0 Å². The molecule has 120 valence electrons. The molecule has 1 saturated heterocycles. The van der Waals surface area contributed by atoms with Crippen LogP contribution >= 0.6 is 0 Å². The summed E-state index contributed by atoms with van der Waals surface area (Å²) in [4.78, 5) is 14.8. The molecule has 0 spiro atoms. The van der Waals surface area contributed by atoms with Gasteiger partial charge >= 0.3 is 0 Å². The van der Waals surface area contributed by atoms with Gasteiger partial charge < -0.3 is 10.6 Å². The Labute approximate surface area is 129 Å². The first kappa shape index (κ1) is 17.8. The minimum atomic E-state index is 0.114. The summed E-state index contributed by atoms with van der Waals surface area (Å²) in [6.07, 6.45) is 9.16. The van der Waals surface area contributed by atoms with Crippen molar-refractivity contribution in [3.05, 3.63) is 12.7 Å². The topological polar surface area (TPSA) is 67.9 Å². The highest BCUT2D eigenvalue weighted by atomic mass is 15.3. The minimum Gasteiger partial charge on any atom is -0.331 e. The van der Waals surface area contributed by atoms with Crippen LogP contribution in [-0.2, 0) is 0 Å². The van der Waals surface area contributed by atoms with Crippen LogP contribution in [0.15, 0.2) is 12.7 Å². The maximum atomic E-state index is 5.14. The normalized spacial score (nSPS) is 19.6. The molecule has 0 bridgehead atoms. The van der Waals surface area contributed by atoms with Crippen LogP contribution in [-0.4, -0.2) is 32.6 Å². The summed E-state index contributed by atoms with van der Waals surface area (Å²) in [5, 5.41) is 0. The molecular weight excluding hydrogens is 262 g/mol. The van der Waals surface area contributed by atoms with E-state index in [0.29, 0.717) is 0 Å². The molecule has 1 aliphatic rings. The molecule has 0 saturated carbocycles. The summed E-state index contributed by atoms with van der Waals surface area (Å²) < 4.78 is 0. The molecule has 0 amide bonds. The zero-order valence-electron chi connectivity index (χ0n) is 14.3. The number of anilines is 1. The largest absolute Gasteiger partial charge is 0.331 e. The van der Waals surface area contributed by atoms with Crippen molar-refractivity contribution in [1.29, 1.82) is 0 Å². The number of nitrogens with two attached hydrogens (primary N) is 1. The number of nitrogens with zero attached hydrogens (tertiary/aromatic N) is 4. The monoisotopic (exact) mass is 293 g/mol. The lowest BCUT2D eigenvalue weighted by molar-refractivity contribution is 0.239. The quantitative estimate of drug-likeness (QED) is 0.927. The molecule has 0 atom stereocenters. The van der Waals surface area contributed by atoms with E-state index in [0.717, 1.165) is 12.5 Å². The molecule has 0 aliphatic carbocycles. The van der Waals surface area contributed by atoms with Gasteiger partial charge in [0.15, 0.2) is 0 Å². The zero-order chi connectivity index (χ0) is 15.9. The van der Waals surface area contributed by atoms with Crippen LogP contribution in [0.25, 0.3) is 0 Å². The average Bonchev–Trinajstić information content (AvgIpc) is 2.39. The number of piperidine rings is 1. The van der Waals surface area contributed by atoms with Gasteiger partial charge in [-0.3, -0.25) is 0 Å². The van der Waals surface area contributed by atoms with Crippen LogP contribution in [0.3, 0.4) is 0 Å². The van der Waals surface area contributed by atoms with Crippen LogP contribution in [0.2, 0.25) is 0 Å². The van der Waals surface area contributed by atoms with Gasteiger partial charge in [0, 0.05) is 11.1 Å². The highest BCUT2D eigenvalue weighted by molar-refractivity contribution is 5.38. The maximum Gasteiger partial charge on any atom is 0.229 e. The van der Waals surface area contributed by atoms with Crippen LogP contribution in [0.5, 0.6) is 0 Å². The summed E-state index contributed by atoms with van der Waals surface area (Å²) in [5.41, 5.74) is 5.37. The molecule has 1 fully saturated rings. The van der Waals surface area contributed by atoms with Gasteiger partial charge in [0.05, 0.1) is 0 Å². The second kappa shape index (κ2) is 7.69. The van der Waals surface area contributed by atoms with Gasteiger partial charge in [-0.05, 0) is 59.9 Å². The summed E-state index contributed by atoms with van der Waals surface area (Å²) in [7, 11) is 0. The smallest absolute Gasteiger partial charge is 0.229 e. The summed E-state index contributed by atoms with van der Waals surface area (Å²) in [5.74, 6) is 0.796. The zero-order valence-corrected chi connectivity index (χ0v) is 14.3. The standard InChI is InChI=1S/C12H20N4.C4H11N/c1-11(2)6-5-7-12(3,4)16(11)10-14-8-13-9-15-10;1-2-3-4-5/h8-9H,5-7H2,1-4H3;2-5H2,1H3. The molecule has 2 rings (SSSR count). The minimum absolute atomic E-state index is 0.114. The Morgan fingerprint density at radius 3 is 2.00 bits per heavy atom. The third-order valence-electron chi connectivity index (χ3n) is 4.03. The molecule has 0 aromatic carbocycles. The second-order valence-corrected chi connectivity index (χ2v) is 6.89. The first-order valence-corrected chi connectivity index (χ1v) is 7.97. The fraction of sp³-hybridized carbons (Fsp3) is 0.812. The fourth-order valence-corrected chi connectivity index (χ4v) is 3.09. The fourth-order valence-electron chi connectivity index (χ4n) is 3.09. The van der Waals surface area contributed by atoms with Crippen molar-refractivity contribution in [3.8, 4) is 0 Å². The summed E-state index contributed by atoms with van der Waals surface area (Å²) in [6.45, 7) is 12.0. The van der Waals surface area contributed by atoms with Gasteiger partial charge in [0.25, 0.3) is 0 Å². The van der Waals surface area contributed by atoms with E-state index >= 15 is 0 Å². The van der Waals surface area contributed by atoms with E-state index in [1.54, 1.807) is 12.7 Å². The lowest BCUT2D eigenvalue weighted by Gasteiger charge is -2.52. The molecule has 2 heterocycles. The lowest BCUT2D eigenvalue weighted by Crippen LogP contribution is -2.59. The Bertz CT molecular complexity index is 384. The van der Waals surface area contributed by atoms with E-state index in [2.05, 4.69) is 54.5 Å². The van der Waals surface area contributed by atoms with Gasteiger partial charge in [-0.2, -0.15) is 0 Å². The Morgan fingerprint density at radius 1 is 1.10 bits per heavy atom. The van der Waals surface area contributed by atoms with Gasteiger partial charge in [0.2, 0.25) is 5.95 Å². The Morgan fingerprint density at radius 2 is 1.62 bits per heavy atom. The Balaban J connectivity index is 0.000000383. The first-order valence-electron chi connectivity index (χ1n) is 7.97. The van der Waals surface area contributed by atoms with Crippen LogP contribution in [0.1, 0.15) is 66.7 Å². The van der Waals surface area contributed by atoms with Gasteiger partial charge in [-0.15, -0.1) is 0 Å². The van der Waals surface area contributed by atoms with Crippen LogP contribution in [0, 0.1) is 0 Å². The van der Waals surface area contributed by atoms with E-state index in [4.69, 9.17) is 5.73 Å². The highest BCUT2D eigenvalue weighted by Crippen LogP contribution is 2.39. The highest BCUT2D eigenvalue weighted by Gasteiger charge is 2.42. The third-order valence-corrected chi connectivity index (χ3v) is 4.03. The molecule has 1 aromatic rings. The first-order chi connectivity index (χ1) is 9.85. The van der Waals surface area contributed by atoms with Gasteiger partial charge in [-0.1, -0.05) is 13.3 Å². The van der Waals surface area contributed by atoms with Crippen LogP contribution in [0.4, 0.5) is 5.95 Å². The van der Waals surface area contributed by atoms with Crippen molar-refractivity contribution in [2.24, 2.45) is 5.73 Å². The molecule has 1 aliphatic heterocycles. The summed E-state index contributed by atoms with van der Waals surface area (Å²) in [6, 6.07) is 0. The third kappa shape index (κ3) is 4.92. The molecular formula is C16H31N5. The maximum absolute atomic E-state index is 5.14. The predicted molar refractivity (Wildman–Crippen MR) is 88.3 cm³/mol. The van der Waals surface area contributed by atoms with E-state index in [1.165, 1.54) is 32.1 Å². The molecule has 0 radical (unpaired) electrons.